The monoisotopic (exact) mass is 339 g/mol. The third kappa shape index (κ3) is 3.50. The van der Waals surface area contributed by atoms with Crippen molar-refractivity contribution >= 4 is 11.6 Å². The zero-order valence-electron chi connectivity index (χ0n) is 15.2. The van der Waals surface area contributed by atoms with Crippen LogP contribution in [0.4, 0.5) is 5.69 Å². The van der Waals surface area contributed by atoms with Crippen LogP contribution in [0.2, 0.25) is 0 Å². The Kier molecular flexibility index (Phi) is 5.02. The highest BCUT2D eigenvalue weighted by atomic mass is 16.2. The maximum atomic E-state index is 13.0. The lowest BCUT2D eigenvalue weighted by Crippen LogP contribution is -2.37. The Morgan fingerprint density at radius 2 is 2.04 bits per heavy atom. The second-order valence-electron chi connectivity index (χ2n) is 6.88. The lowest BCUT2D eigenvalue weighted by molar-refractivity contribution is 0.0977. The summed E-state index contributed by atoms with van der Waals surface area (Å²) in [5.41, 5.74) is 3.64. The molecule has 0 fully saturated rings. The fourth-order valence-electron chi connectivity index (χ4n) is 3.26. The van der Waals surface area contributed by atoms with Crippen molar-refractivity contribution in [1.82, 2.24) is 9.78 Å². The number of hydrogen-bond donors (Lipinski definition) is 0. The van der Waals surface area contributed by atoms with Gasteiger partial charge in [-0.15, -0.1) is 0 Å². The van der Waals surface area contributed by atoms with Gasteiger partial charge in [0.15, 0.2) is 0 Å². The van der Waals surface area contributed by atoms with Crippen molar-refractivity contribution in [2.45, 2.75) is 52.5 Å². The summed E-state index contributed by atoms with van der Waals surface area (Å²) >= 11 is 0. The van der Waals surface area contributed by atoms with Crippen LogP contribution in [0.3, 0.4) is 0 Å². The van der Waals surface area contributed by atoms with E-state index in [-0.39, 0.29) is 11.5 Å². The maximum Gasteiger partial charge on any atom is 0.278 e. The van der Waals surface area contributed by atoms with Gasteiger partial charge in [0.05, 0.1) is 0 Å². The summed E-state index contributed by atoms with van der Waals surface area (Å²) < 4.78 is 1.37. The maximum absolute atomic E-state index is 13.0. The first-order valence-corrected chi connectivity index (χ1v) is 9.04. The molecular weight excluding hydrogens is 314 g/mol. The van der Waals surface area contributed by atoms with Crippen LogP contribution in [0.5, 0.6) is 0 Å². The molecule has 3 rings (SSSR count). The molecule has 0 saturated carbocycles. The Labute approximate surface area is 148 Å². The highest BCUT2D eigenvalue weighted by Gasteiger charge is 2.25. The van der Waals surface area contributed by atoms with Crippen LogP contribution in [0.1, 0.15) is 61.1 Å². The van der Waals surface area contributed by atoms with Gasteiger partial charge in [-0.3, -0.25) is 9.59 Å². The van der Waals surface area contributed by atoms with Gasteiger partial charge in [0.2, 0.25) is 0 Å². The highest BCUT2D eigenvalue weighted by Crippen LogP contribution is 2.31. The molecule has 1 aromatic carbocycles. The van der Waals surface area contributed by atoms with Gasteiger partial charge in [-0.25, -0.2) is 4.68 Å². The van der Waals surface area contributed by atoms with E-state index in [2.05, 4.69) is 31.1 Å². The number of benzene rings is 1. The van der Waals surface area contributed by atoms with Crippen molar-refractivity contribution in [3.05, 3.63) is 57.5 Å². The molecule has 0 bridgehead atoms. The molecule has 0 spiro atoms. The molecule has 0 atom stereocenters. The molecule has 0 unspecified atom stereocenters. The van der Waals surface area contributed by atoms with E-state index in [1.807, 2.05) is 13.0 Å². The minimum absolute atomic E-state index is 0.136. The molecule has 0 radical (unpaired) electrons. The lowest BCUT2D eigenvalue weighted by Gasteiger charge is -2.30. The summed E-state index contributed by atoms with van der Waals surface area (Å²) in [6, 6.07) is 9.32. The van der Waals surface area contributed by atoms with Gasteiger partial charge in [0.25, 0.3) is 11.5 Å². The fourth-order valence-corrected chi connectivity index (χ4v) is 3.26. The van der Waals surface area contributed by atoms with Crippen LogP contribution in [0.15, 0.2) is 35.1 Å². The van der Waals surface area contributed by atoms with E-state index in [1.165, 1.54) is 27.9 Å². The van der Waals surface area contributed by atoms with Crippen LogP contribution < -0.4 is 10.5 Å². The van der Waals surface area contributed by atoms with Gasteiger partial charge in [0, 0.05) is 24.8 Å². The summed E-state index contributed by atoms with van der Waals surface area (Å²) in [5, 5.41) is 4.27. The van der Waals surface area contributed by atoms with Gasteiger partial charge in [-0.2, -0.15) is 5.10 Å². The number of amides is 1. The van der Waals surface area contributed by atoms with Crippen molar-refractivity contribution in [1.29, 1.82) is 0 Å². The highest BCUT2D eigenvalue weighted by molar-refractivity contribution is 6.05. The van der Waals surface area contributed by atoms with Crippen molar-refractivity contribution in [2.75, 3.05) is 11.4 Å². The molecule has 132 valence electrons. The SMILES string of the molecule is CCCn1nc(C(=O)N2CCCc3cc(C(C)C)ccc32)ccc1=O. The normalized spacial score (nSPS) is 13.8. The smallest absolute Gasteiger partial charge is 0.278 e. The van der Waals surface area contributed by atoms with E-state index in [4.69, 9.17) is 0 Å². The van der Waals surface area contributed by atoms with E-state index < -0.39 is 0 Å². The first-order valence-electron chi connectivity index (χ1n) is 9.04. The zero-order valence-corrected chi connectivity index (χ0v) is 15.2. The number of rotatable bonds is 4. The predicted octanol–water partition coefficient (Wildman–Crippen LogP) is 3.37. The Hall–Kier alpha value is -2.43. The largest absolute Gasteiger partial charge is 0.307 e. The molecule has 1 aliphatic rings. The van der Waals surface area contributed by atoms with Crippen LogP contribution in [0.25, 0.3) is 0 Å². The Morgan fingerprint density at radius 3 is 2.76 bits per heavy atom. The molecule has 2 aromatic rings. The second kappa shape index (κ2) is 7.21. The molecule has 25 heavy (non-hydrogen) atoms. The fraction of sp³-hybridized carbons (Fsp3) is 0.450. The Bertz CT molecular complexity index is 839. The van der Waals surface area contributed by atoms with Gasteiger partial charge >= 0.3 is 0 Å². The van der Waals surface area contributed by atoms with E-state index >= 15 is 0 Å². The zero-order chi connectivity index (χ0) is 18.0. The Balaban J connectivity index is 1.94. The molecule has 5 heteroatoms. The quantitative estimate of drug-likeness (QED) is 0.858. The van der Waals surface area contributed by atoms with Crippen LogP contribution in [-0.4, -0.2) is 22.2 Å². The number of carbonyl (C=O) groups excluding carboxylic acids is 1. The van der Waals surface area contributed by atoms with Crippen LogP contribution in [0, 0.1) is 0 Å². The molecule has 0 N–H and O–H groups in total. The van der Waals surface area contributed by atoms with Crippen molar-refractivity contribution in [3.8, 4) is 0 Å². The van der Waals surface area contributed by atoms with E-state index in [1.54, 1.807) is 4.90 Å². The van der Waals surface area contributed by atoms with Crippen LogP contribution >= 0.6 is 0 Å². The third-order valence-electron chi connectivity index (χ3n) is 4.66. The molecule has 0 saturated heterocycles. The molecular formula is C20H25N3O2. The number of fused-ring (bicyclic) bond motifs is 1. The lowest BCUT2D eigenvalue weighted by atomic mass is 9.94. The minimum atomic E-state index is -0.168. The first-order chi connectivity index (χ1) is 12.0. The average molecular weight is 339 g/mol. The standard InChI is InChI=1S/C20H25N3O2/c1-4-11-23-19(24)10-8-17(21-23)20(25)22-12-5-6-16-13-15(14(2)3)7-9-18(16)22/h7-10,13-14H,4-6,11-12H2,1-3H3. The summed E-state index contributed by atoms with van der Waals surface area (Å²) in [6.07, 6.45) is 2.73. The topological polar surface area (TPSA) is 55.2 Å². The van der Waals surface area contributed by atoms with E-state index in [0.29, 0.717) is 24.7 Å². The minimum Gasteiger partial charge on any atom is -0.307 e. The second-order valence-corrected chi connectivity index (χ2v) is 6.88. The molecule has 5 nitrogen and oxygen atoms in total. The molecule has 0 aliphatic carbocycles. The summed E-state index contributed by atoms with van der Waals surface area (Å²) in [5.74, 6) is 0.332. The first kappa shape index (κ1) is 17.4. The summed E-state index contributed by atoms with van der Waals surface area (Å²) in [6.45, 7) is 7.54. The number of aromatic nitrogens is 2. The average Bonchev–Trinajstić information content (AvgIpc) is 2.62. The van der Waals surface area contributed by atoms with E-state index in [0.717, 1.165) is 24.9 Å². The van der Waals surface area contributed by atoms with Crippen LogP contribution in [-0.2, 0) is 13.0 Å². The van der Waals surface area contributed by atoms with Gasteiger partial charge < -0.3 is 4.90 Å². The van der Waals surface area contributed by atoms with Gasteiger partial charge in [-0.1, -0.05) is 32.9 Å². The number of hydrogen-bond acceptors (Lipinski definition) is 3. The predicted molar refractivity (Wildman–Crippen MR) is 99.3 cm³/mol. The Morgan fingerprint density at radius 1 is 1.24 bits per heavy atom. The third-order valence-corrected chi connectivity index (χ3v) is 4.66. The van der Waals surface area contributed by atoms with Gasteiger partial charge in [0.1, 0.15) is 5.69 Å². The van der Waals surface area contributed by atoms with Crippen molar-refractivity contribution in [2.24, 2.45) is 0 Å². The molecule has 2 heterocycles. The summed E-state index contributed by atoms with van der Waals surface area (Å²) in [7, 11) is 0. The van der Waals surface area contributed by atoms with E-state index in [9.17, 15) is 9.59 Å². The number of nitrogens with zero attached hydrogens (tertiary/aromatic N) is 3. The molecule has 1 aliphatic heterocycles. The van der Waals surface area contributed by atoms with Crippen molar-refractivity contribution in [3.63, 3.8) is 0 Å². The number of aryl methyl sites for hydroxylation is 2. The summed E-state index contributed by atoms with van der Waals surface area (Å²) in [4.78, 5) is 26.6. The molecule has 1 aromatic heterocycles. The number of carbonyl (C=O) groups is 1. The van der Waals surface area contributed by atoms with Crippen molar-refractivity contribution < 1.29 is 4.79 Å². The number of anilines is 1. The molecule has 1 amide bonds. The van der Waals surface area contributed by atoms with Gasteiger partial charge in [-0.05, 0) is 48.4 Å².